The standard InChI is InChI=1S/C20H21N3O6/c1-14(20(26)22(2)13-15-7-4-3-5-8-15)29-18(24)12-21-19(25)16-9-6-10-17(11-16)23(27)28/h3-11,14H,12-13H2,1-2H3,(H,21,25)/t14-/m1/s1. The van der Waals surface area contributed by atoms with Crippen LogP contribution >= 0.6 is 0 Å². The van der Waals surface area contributed by atoms with Crippen LogP contribution < -0.4 is 5.32 Å². The zero-order valence-electron chi connectivity index (χ0n) is 16.0. The second-order valence-electron chi connectivity index (χ2n) is 6.30. The molecule has 29 heavy (non-hydrogen) atoms. The number of nitrogens with one attached hydrogen (secondary N) is 1. The van der Waals surface area contributed by atoms with Crippen molar-refractivity contribution in [3.05, 3.63) is 75.8 Å². The molecule has 2 aromatic rings. The number of nitro groups is 1. The van der Waals surface area contributed by atoms with Crippen LogP contribution in [-0.4, -0.2) is 47.3 Å². The van der Waals surface area contributed by atoms with Gasteiger partial charge in [-0.1, -0.05) is 36.4 Å². The predicted molar refractivity (Wildman–Crippen MR) is 104 cm³/mol. The lowest BCUT2D eigenvalue weighted by atomic mass is 10.2. The fourth-order valence-electron chi connectivity index (χ4n) is 2.55. The molecule has 2 aromatic carbocycles. The van der Waals surface area contributed by atoms with Crippen LogP contribution in [0.4, 0.5) is 5.69 Å². The summed E-state index contributed by atoms with van der Waals surface area (Å²) in [5.41, 5.74) is 0.741. The first-order valence-electron chi connectivity index (χ1n) is 8.79. The molecule has 0 spiro atoms. The van der Waals surface area contributed by atoms with E-state index in [0.29, 0.717) is 6.54 Å². The summed E-state index contributed by atoms with van der Waals surface area (Å²) in [5.74, 6) is -1.84. The third kappa shape index (κ3) is 6.42. The van der Waals surface area contributed by atoms with Crippen LogP contribution in [-0.2, 0) is 20.9 Å². The van der Waals surface area contributed by atoms with E-state index in [-0.39, 0.29) is 17.2 Å². The van der Waals surface area contributed by atoms with Crippen LogP contribution in [0.15, 0.2) is 54.6 Å². The number of ether oxygens (including phenoxy) is 1. The van der Waals surface area contributed by atoms with E-state index in [9.17, 15) is 24.5 Å². The van der Waals surface area contributed by atoms with Crippen LogP contribution in [0.3, 0.4) is 0 Å². The summed E-state index contributed by atoms with van der Waals surface area (Å²) in [7, 11) is 1.60. The normalized spacial score (nSPS) is 11.2. The molecule has 0 unspecified atom stereocenters. The summed E-state index contributed by atoms with van der Waals surface area (Å²) in [6.07, 6.45) is -1.02. The van der Waals surface area contributed by atoms with Crippen LogP contribution in [0.1, 0.15) is 22.8 Å². The molecule has 0 heterocycles. The van der Waals surface area contributed by atoms with E-state index in [1.807, 2.05) is 30.3 Å². The van der Waals surface area contributed by atoms with Gasteiger partial charge in [-0.3, -0.25) is 24.5 Å². The summed E-state index contributed by atoms with van der Waals surface area (Å²) >= 11 is 0. The van der Waals surface area contributed by atoms with E-state index in [0.717, 1.165) is 11.6 Å². The van der Waals surface area contributed by atoms with Gasteiger partial charge in [0.1, 0.15) is 6.54 Å². The molecule has 0 aliphatic heterocycles. The van der Waals surface area contributed by atoms with E-state index in [1.54, 1.807) is 7.05 Å². The van der Waals surface area contributed by atoms with Gasteiger partial charge in [0, 0.05) is 31.3 Å². The summed E-state index contributed by atoms with van der Waals surface area (Å²) < 4.78 is 5.07. The first kappa shape index (κ1) is 21.5. The molecule has 152 valence electrons. The van der Waals surface area contributed by atoms with Gasteiger partial charge in [-0.15, -0.1) is 0 Å². The number of likely N-dealkylation sites (N-methyl/N-ethyl adjacent to an activating group) is 1. The van der Waals surface area contributed by atoms with Crippen molar-refractivity contribution < 1.29 is 24.0 Å². The van der Waals surface area contributed by atoms with Gasteiger partial charge in [0.25, 0.3) is 17.5 Å². The number of benzene rings is 2. The van der Waals surface area contributed by atoms with Crippen molar-refractivity contribution in [2.75, 3.05) is 13.6 Å². The van der Waals surface area contributed by atoms with Crippen molar-refractivity contribution in [3.8, 4) is 0 Å². The number of nitrogens with zero attached hydrogens (tertiary/aromatic N) is 2. The Labute approximate surface area is 167 Å². The number of hydrogen-bond donors (Lipinski definition) is 1. The van der Waals surface area contributed by atoms with Gasteiger partial charge in [0.05, 0.1) is 4.92 Å². The molecular weight excluding hydrogens is 378 g/mol. The monoisotopic (exact) mass is 399 g/mol. The van der Waals surface area contributed by atoms with Gasteiger partial charge in [-0.25, -0.2) is 0 Å². The van der Waals surface area contributed by atoms with Gasteiger partial charge in [-0.05, 0) is 18.6 Å². The molecule has 1 atom stereocenters. The van der Waals surface area contributed by atoms with E-state index in [2.05, 4.69) is 5.32 Å². The zero-order chi connectivity index (χ0) is 21.4. The largest absolute Gasteiger partial charge is 0.451 e. The number of amides is 2. The van der Waals surface area contributed by atoms with Gasteiger partial charge >= 0.3 is 5.97 Å². The van der Waals surface area contributed by atoms with Gasteiger partial charge in [0.15, 0.2) is 6.10 Å². The molecule has 9 heteroatoms. The highest BCUT2D eigenvalue weighted by molar-refractivity contribution is 5.96. The van der Waals surface area contributed by atoms with Gasteiger partial charge in [-0.2, -0.15) is 0 Å². The summed E-state index contributed by atoms with van der Waals surface area (Å²) in [6.45, 7) is 1.34. The summed E-state index contributed by atoms with van der Waals surface area (Å²) in [6, 6.07) is 14.5. The second-order valence-corrected chi connectivity index (χ2v) is 6.30. The third-order valence-corrected chi connectivity index (χ3v) is 4.01. The molecule has 0 bridgehead atoms. The Morgan fingerprint density at radius 3 is 2.48 bits per heavy atom. The Bertz CT molecular complexity index is 900. The second kappa shape index (κ2) is 9.98. The van der Waals surface area contributed by atoms with Crippen molar-refractivity contribution in [2.45, 2.75) is 19.6 Å². The molecule has 0 radical (unpaired) electrons. The summed E-state index contributed by atoms with van der Waals surface area (Å²) in [5, 5.41) is 13.1. The highest BCUT2D eigenvalue weighted by Crippen LogP contribution is 2.13. The topological polar surface area (TPSA) is 119 Å². The maximum atomic E-state index is 12.3. The Kier molecular flexibility index (Phi) is 7.41. The molecule has 2 rings (SSSR count). The third-order valence-electron chi connectivity index (χ3n) is 4.01. The summed E-state index contributed by atoms with van der Waals surface area (Å²) in [4.78, 5) is 47.9. The van der Waals surface area contributed by atoms with Crippen molar-refractivity contribution in [3.63, 3.8) is 0 Å². The molecule has 9 nitrogen and oxygen atoms in total. The first-order valence-corrected chi connectivity index (χ1v) is 8.79. The molecule has 0 aliphatic rings. The van der Waals surface area contributed by atoms with E-state index >= 15 is 0 Å². The molecule has 2 amide bonds. The first-order chi connectivity index (χ1) is 13.8. The Balaban J connectivity index is 1.83. The van der Waals surface area contributed by atoms with Gasteiger partial charge < -0.3 is 15.0 Å². The SMILES string of the molecule is C[C@@H](OC(=O)CNC(=O)c1cccc([N+](=O)[O-])c1)C(=O)N(C)Cc1ccccc1. The smallest absolute Gasteiger partial charge is 0.326 e. The molecule has 0 aromatic heterocycles. The van der Waals surface area contributed by atoms with Crippen molar-refractivity contribution >= 4 is 23.5 Å². The predicted octanol–water partition coefficient (Wildman–Crippen LogP) is 1.91. The van der Waals surface area contributed by atoms with Crippen LogP contribution in [0.5, 0.6) is 0 Å². The molecule has 1 N–H and O–H groups in total. The fraction of sp³-hybridized carbons (Fsp3) is 0.250. The Morgan fingerprint density at radius 1 is 1.14 bits per heavy atom. The molecular formula is C20H21N3O6. The number of esters is 1. The number of nitro benzene ring substituents is 1. The van der Waals surface area contributed by atoms with E-state index < -0.39 is 29.4 Å². The number of hydrogen-bond acceptors (Lipinski definition) is 6. The highest BCUT2D eigenvalue weighted by atomic mass is 16.6. The average molecular weight is 399 g/mol. The lowest BCUT2D eigenvalue weighted by Gasteiger charge is -2.21. The van der Waals surface area contributed by atoms with Crippen LogP contribution in [0, 0.1) is 10.1 Å². The Hall–Kier alpha value is -3.75. The Morgan fingerprint density at radius 2 is 1.83 bits per heavy atom. The lowest BCUT2D eigenvalue weighted by molar-refractivity contribution is -0.384. The lowest BCUT2D eigenvalue weighted by Crippen LogP contribution is -2.39. The minimum Gasteiger partial charge on any atom is -0.451 e. The maximum Gasteiger partial charge on any atom is 0.326 e. The molecule has 0 aliphatic carbocycles. The number of carbonyl (C=O) groups excluding carboxylic acids is 3. The minimum atomic E-state index is -1.02. The van der Waals surface area contributed by atoms with Crippen molar-refractivity contribution in [1.82, 2.24) is 10.2 Å². The van der Waals surface area contributed by atoms with E-state index in [1.165, 1.54) is 30.0 Å². The van der Waals surface area contributed by atoms with Gasteiger partial charge in [0.2, 0.25) is 0 Å². The molecule has 0 saturated heterocycles. The fourth-order valence-corrected chi connectivity index (χ4v) is 2.55. The van der Waals surface area contributed by atoms with E-state index in [4.69, 9.17) is 4.74 Å². The van der Waals surface area contributed by atoms with Crippen LogP contribution in [0.25, 0.3) is 0 Å². The molecule has 0 saturated carbocycles. The molecule has 0 fully saturated rings. The number of rotatable bonds is 8. The maximum absolute atomic E-state index is 12.3. The number of carbonyl (C=O) groups is 3. The average Bonchev–Trinajstić information content (AvgIpc) is 2.72. The van der Waals surface area contributed by atoms with Crippen molar-refractivity contribution in [2.24, 2.45) is 0 Å². The van der Waals surface area contributed by atoms with Crippen molar-refractivity contribution in [1.29, 1.82) is 0 Å². The van der Waals surface area contributed by atoms with Crippen LogP contribution in [0.2, 0.25) is 0 Å². The zero-order valence-corrected chi connectivity index (χ0v) is 16.0. The quantitative estimate of drug-likeness (QED) is 0.411. The minimum absolute atomic E-state index is 0.0405. The highest BCUT2D eigenvalue weighted by Gasteiger charge is 2.22. The number of non-ortho nitro benzene ring substituents is 1.